The Morgan fingerprint density at radius 3 is 2.33 bits per heavy atom. The van der Waals surface area contributed by atoms with E-state index in [9.17, 15) is 19.8 Å². The monoisotopic (exact) mass is 652 g/mol. The van der Waals surface area contributed by atoms with E-state index in [1.54, 1.807) is 72.3 Å². The third-order valence-electron chi connectivity index (χ3n) is 7.38. The molecular weight excluding hydrogens is 624 g/mol. The maximum atomic E-state index is 13.1. The van der Waals surface area contributed by atoms with Crippen molar-refractivity contribution in [3.8, 4) is 40.3 Å². The van der Waals surface area contributed by atoms with Gasteiger partial charge in [-0.15, -0.1) is 5.10 Å². The Hall–Kier alpha value is -6.52. The molecule has 0 bridgehead atoms. The molecule has 48 heavy (non-hydrogen) atoms. The number of aliphatic carboxylic acids is 1. The molecule has 2 heterocycles. The van der Waals surface area contributed by atoms with Crippen molar-refractivity contribution in [2.75, 3.05) is 6.54 Å². The van der Waals surface area contributed by atoms with E-state index in [1.165, 1.54) is 22.9 Å². The summed E-state index contributed by atoms with van der Waals surface area (Å²) in [5.74, 6) is 4.32. The molecule has 6 N–H and O–H groups in total. The number of hydrogen-bond acceptors (Lipinski definition) is 12. The fourth-order valence-electron chi connectivity index (χ4n) is 5.06. The summed E-state index contributed by atoms with van der Waals surface area (Å²) in [5, 5.41) is 50.2. The van der Waals surface area contributed by atoms with Gasteiger partial charge in [-0.25, -0.2) is 4.68 Å². The molecule has 6 aromatic rings. The number of aryl methyl sites for hydroxylation is 1. The van der Waals surface area contributed by atoms with Crippen molar-refractivity contribution in [1.82, 2.24) is 35.3 Å². The quantitative estimate of drug-likeness (QED) is 0.0945. The fourth-order valence-corrected chi connectivity index (χ4v) is 5.06. The maximum Gasteiger partial charge on any atom is 0.305 e. The molecule has 244 valence electrons. The van der Waals surface area contributed by atoms with Gasteiger partial charge in [0.2, 0.25) is 5.88 Å². The number of phenols is 2. The number of ether oxygens (including phenoxy) is 1. The molecule has 16 nitrogen and oxygen atoms in total. The van der Waals surface area contributed by atoms with Crippen molar-refractivity contribution in [2.45, 2.75) is 19.8 Å². The molecular formula is C32H28N8O8. The van der Waals surface area contributed by atoms with Gasteiger partial charge in [0.05, 0.1) is 29.1 Å². The van der Waals surface area contributed by atoms with Crippen LogP contribution in [0.1, 0.15) is 33.9 Å². The van der Waals surface area contributed by atoms with Gasteiger partial charge in [-0.1, -0.05) is 29.3 Å². The second-order valence-corrected chi connectivity index (χ2v) is 10.5. The van der Waals surface area contributed by atoms with Crippen molar-refractivity contribution in [3.05, 3.63) is 102 Å². The van der Waals surface area contributed by atoms with Gasteiger partial charge in [0, 0.05) is 29.3 Å². The van der Waals surface area contributed by atoms with Crippen LogP contribution in [0.3, 0.4) is 0 Å². The summed E-state index contributed by atoms with van der Waals surface area (Å²) in [6.07, 6.45) is -0.147. The largest absolute Gasteiger partial charge is 0.508 e. The molecule has 0 aliphatic rings. The number of aromatic nitrogens is 6. The van der Waals surface area contributed by atoms with Gasteiger partial charge in [-0.2, -0.15) is 15.7 Å². The van der Waals surface area contributed by atoms with Crippen LogP contribution in [0.15, 0.2) is 78.9 Å². The standard InChI is InChI=1S/C32H28N8O8/c1-18-25(17-28-35-37-38-39(28)19-6-10-21(41)11-7-19)32(40(36-18)20-8-12-22(13-9-20)47-48-33)46-27-16-26(31(45)34-15-14-29(42)43)30(44)24-5-3-2-4-23(24)27/h2-13,16,41,44H,14-15,17,33H2,1H3,(H,34,45)(H,42,43). The molecule has 16 heteroatoms. The summed E-state index contributed by atoms with van der Waals surface area (Å²) < 4.78 is 9.71. The molecule has 0 saturated carbocycles. The summed E-state index contributed by atoms with van der Waals surface area (Å²) in [6, 6.07) is 21.2. The molecule has 0 unspecified atom stereocenters. The number of nitrogens with zero attached hydrogens (tertiary/aromatic N) is 6. The zero-order valence-electron chi connectivity index (χ0n) is 25.3. The zero-order chi connectivity index (χ0) is 33.8. The van der Waals surface area contributed by atoms with Gasteiger partial charge < -0.3 is 30.3 Å². The maximum absolute atomic E-state index is 13.1. The molecule has 0 fully saturated rings. The number of fused-ring (bicyclic) bond motifs is 1. The van der Waals surface area contributed by atoms with E-state index in [4.69, 9.17) is 25.7 Å². The topological polar surface area (TPSA) is 222 Å². The number of nitrogens with two attached hydrogens (primary N) is 1. The summed E-state index contributed by atoms with van der Waals surface area (Å²) >= 11 is 0. The second kappa shape index (κ2) is 13.5. The predicted octanol–water partition coefficient (Wildman–Crippen LogP) is 3.49. The van der Waals surface area contributed by atoms with Crippen molar-refractivity contribution in [2.24, 2.45) is 5.90 Å². The van der Waals surface area contributed by atoms with E-state index in [2.05, 4.69) is 25.8 Å². The minimum atomic E-state index is -1.08. The lowest BCUT2D eigenvalue weighted by atomic mass is 10.0. The van der Waals surface area contributed by atoms with Gasteiger partial charge in [0.1, 0.15) is 17.2 Å². The number of carbonyl (C=O) groups is 2. The minimum absolute atomic E-state index is 0.0895. The summed E-state index contributed by atoms with van der Waals surface area (Å²) in [7, 11) is 0. The number of phenolic OH excluding ortho intramolecular Hbond substituents is 2. The van der Waals surface area contributed by atoms with E-state index in [0.717, 1.165) is 0 Å². The molecule has 4 aromatic carbocycles. The number of tetrazole rings is 1. The number of carbonyl (C=O) groups excluding carboxylic acids is 1. The number of amides is 1. The number of carboxylic acid groups (broad SMARTS) is 1. The lowest BCUT2D eigenvalue weighted by Gasteiger charge is -2.16. The van der Waals surface area contributed by atoms with Crippen molar-refractivity contribution in [3.63, 3.8) is 0 Å². The Labute approximate surface area is 271 Å². The number of rotatable bonds is 12. The first-order chi connectivity index (χ1) is 23.2. The van der Waals surface area contributed by atoms with Crippen LogP contribution in [-0.4, -0.2) is 63.7 Å². The Morgan fingerprint density at radius 2 is 1.62 bits per heavy atom. The van der Waals surface area contributed by atoms with E-state index < -0.39 is 11.9 Å². The Morgan fingerprint density at radius 1 is 0.938 bits per heavy atom. The highest BCUT2D eigenvalue weighted by atomic mass is 17.3. The predicted molar refractivity (Wildman–Crippen MR) is 168 cm³/mol. The SMILES string of the molecule is Cc1nn(-c2ccc(OON)cc2)c(Oc2cc(C(=O)NCCC(=O)O)c(O)c3ccccc23)c1Cc1nnnn1-c1ccc(O)cc1. The number of nitrogens with one attached hydrogen (secondary N) is 1. The van der Waals surface area contributed by atoms with Crippen molar-refractivity contribution in [1.29, 1.82) is 0 Å². The van der Waals surface area contributed by atoms with Crippen molar-refractivity contribution >= 4 is 22.6 Å². The Kier molecular flexibility index (Phi) is 8.82. The van der Waals surface area contributed by atoms with Gasteiger partial charge >= 0.3 is 5.97 Å². The van der Waals surface area contributed by atoms with Gasteiger partial charge in [0.25, 0.3) is 5.91 Å². The zero-order valence-corrected chi connectivity index (χ0v) is 25.3. The number of carboxylic acids is 1. The van der Waals surface area contributed by atoms with Crippen LogP contribution in [0, 0.1) is 6.92 Å². The lowest BCUT2D eigenvalue weighted by molar-refractivity contribution is -0.211. The minimum Gasteiger partial charge on any atom is -0.508 e. The van der Waals surface area contributed by atoms with Crippen LogP contribution >= 0.6 is 0 Å². The normalized spacial score (nSPS) is 11.0. The molecule has 0 aliphatic carbocycles. The molecule has 0 atom stereocenters. The second-order valence-electron chi connectivity index (χ2n) is 10.5. The molecule has 0 radical (unpaired) electrons. The smallest absolute Gasteiger partial charge is 0.305 e. The van der Waals surface area contributed by atoms with Crippen LogP contribution in [0.4, 0.5) is 0 Å². The first-order valence-electron chi connectivity index (χ1n) is 14.4. The molecule has 0 saturated heterocycles. The number of benzene rings is 4. The highest BCUT2D eigenvalue weighted by Gasteiger charge is 2.25. The fraction of sp³-hybridized carbons (Fsp3) is 0.125. The van der Waals surface area contributed by atoms with Crippen LogP contribution in [-0.2, 0) is 16.2 Å². The highest BCUT2D eigenvalue weighted by Crippen LogP contribution is 2.40. The Bertz CT molecular complexity index is 2110. The molecule has 0 spiro atoms. The summed E-state index contributed by atoms with van der Waals surface area (Å²) in [6.45, 7) is 1.65. The van der Waals surface area contributed by atoms with Crippen LogP contribution in [0.25, 0.3) is 22.1 Å². The first-order valence-corrected chi connectivity index (χ1v) is 14.4. The van der Waals surface area contributed by atoms with Crippen LogP contribution in [0.2, 0.25) is 0 Å². The first kappa shape index (κ1) is 31.5. The van der Waals surface area contributed by atoms with Crippen LogP contribution in [0.5, 0.6) is 28.9 Å². The molecule has 6 rings (SSSR count). The van der Waals surface area contributed by atoms with E-state index >= 15 is 0 Å². The number of hydrogen-bond donors (Lipinski definition) is 5. The molecule has 0 aliphatic heterocycles. The lowest BCUT2D eigenvalue weighted by Crippen LogP contribution is -2.26. The van der Waals surface area contributed by atoms with E-state index in [0.29, 0.717) is 45.0 Å². The number of aromatic hydroxyl groups is 2. The van der Waals surface area contributed by atoms with E-state index in [-0.39, 0.29) is 48.1 Å². The van der Waals surface area contributed by atoms with Crippen LogP contribution < -0.4 is 20.8 Å². The average molecular weight is 653 g/mol. The van der Waals surface area contributed by atoms with Gasteiger partial charge in [-0.05, 0) is 71.9 Å². The molecule has 1 amide bonds. The average Bonchev–Trinajstić information content (AvgIpc) is 3.67. The van der Waals surface area contributed by atoms with Gasteiger partial charge in [0.15, 0.2) is 11.6 Å². The van der Waals surface area contributed by atoms with Gasteiger partial charge in [-0.3, -0.25) is 9.59 Å². The molecule has 2 aromatic heterocycles. The summed E-state index contributed by atoms with van der Waals surface area (Å²) in [5.41, 5.74) is 2.24. The summed E-state index contributed by atoms with van der Waals surface area (Å²) in [4.78, 5) is 33.3. The Balaban J connectivity index is 1.47. The third-order valence-corrected chi connectivity index (χ3v) is 7.38. The van der Waals surface area contributed by atoms with Crippen molar-refractivity contribution < 1.29 is 39.5 Å². The van der Waals surface area contributed by atoms with E-state index in [1.807, 2.05) is 0 Å². The highest BCUT2D eigenvalue weighted by molar-refractivity contribution is 6.06. The third kappa shape index (κ3) is 6.41.